The summed E-state index contributed by atoms with van der Waals surface area (Å²) in [5.74, 6) is 1.03. The first kappa shape index (κ1) is 19.8. The molecule has 1 aliphatic carbocycles. The zero-order valence-corrected chi connectivity index (χ0v) is 17.5. The van der Waals surface area contributed by atoms with Gasteiger partial charge < -0.3 is 19.6 Å². The van der Waals surface area contributed by atoms with E-state index in [0.29, 0.717) is 31.0 Å². The Labute approximate surface area is 168 Å². The average molecular weight is 394 g/mol. The second-order valence-corrected chi connectivity index (χ2v) is 9.96. The van der Waals surface area contributed by atoms with Crippen molar-refractivity contribution >= 4 is 12.2 Å². The zero-order chi connectivity index (χ0) is 20.1. The predicted octanol–water partition coefficient (Wildman–Crippen LogP) is 3.10. The number of hydrogen-bond donors (Lipinski definition) is 1. The smallest absolute Gasteiger partial charge is 0.410 e. The second kappa shape index (κ2) is 7.08. The molecule has 3 unspecified atom stereocenters. The van der Waals surface area contributed by atoms with E-state index in [1.807, 2.05) is 4.90 Å². The Morgan fingerprint density at radius 3 is 2.50 bits per heavy atom. The summed E-state index contributed by atoms with van der Waals surface area (Å²) in [5, 5.41) is 9.32. The molecular formula is C21H35N3O4. The Morgan fingerprint density at radius 2 is 1.93 bits per heavy atom. The van der Waals surface area contributed by atoms with Crippen LogP contribution in [-0.4, -0.2) is 82.9 Å². The first-order valence-corrected chi connectivity index (χ1v) is 11.0. The number of likely N-dealkylation sites (tertiary alicyclic amines) is 2. The monoisotopic (exact) mass is 393 g/mol. The first-order valence-electron chi connectivity index (χ1n) is 11.0. The van der Waals surface area contributed by atoms with Gasteiger partial charge in [-0.25, -0.2) is 9.59 Å². The molecule has 1 N–H and O–H groups in total. The summed E-state index contributed by atoms with van der Waals surface area (Å²) in [5.41, 5.74) is -0.0973. The van der Waals surface area contributed by atoms with Gasteiger partial charge in [-0.15, -0.1) is 0 Å². The van der Waals surface area contributed by atoms with Crippen LogP contribution in [0.4, 0.5) is 9.59 Å². The van der Waals surface area contributed by atoms with Crippen molar-refractivity contribution < 1.29 is 19.4 Å². The van der Waals surface area contributed by atoms with Gasteiger partial charge in [0, 0.05) is 51.6 Å². The van der Waals surface area contributed by atoms with E-state index >= 15 is 0 Å². The second-order valence-electron chi connectivity index (χ2n) is 9.96. The molecule has 0 aromatic carbocycles. The maximum absolute atomic E-state index is 12.3. The van der Waals surface area contributed by atoms with Crippen LogP contribution in [0.15, 0.2) is 0 Å². The Morgan fingerprint density at radius 1 is 1.21 bits per heavy atom. The van der Waals surface area contributed by atoms with E-state index in [9.17, 15) is 14.7 Å². The maximum Gasteiger partial charge on any atom is 0.410 e. The van der Waals surface area contributed by atoms with Crippen molar-refractivity contribution in [2.75, 3.05) is 39.3 Å². The number of rotatable bonds is 4. The molecule has 4 rings (SSSR count). The van der Waals surface area contributed by atoms with Crippen LogP contribution in [0.25, 0.3) is 0 Å². The van der Waals surface area contributed by atoms with Crippen LogP contribution in [0.5, 0.6) is 0 Å². The van der Waals surface area contributed by atoms with E-state index in [1.165, 1.54) is 0 Å². The fraction of sp³-hybridized carbons (Fsp3) is 0.905. The molecule has 3 heterocycles. The van der Waals surface area contributed by atoms with Crippen molar-refractivity contribution in [3.8, 4) is 0 Å². The largest absolute Gasteiger partial charge is 0.465 e. The number of amides is 2. The Balaban J connectivity index is 1.34. The zero-order valence-electron chi connectivity index (χ0n) is 17.5. The summed E-state index contributed by atoms with van der Waals surface area (Å²) < 4.78 is 5.86. The highest BCUT2D eigenvalue weighted by Crippen LogP contribution is 2.56. The number of piperidine rings is 1. The van der Waals surface area contributed by atoms with Gasteiger partial charge in [-0.2, -0.15) is 0 Å². The maximum atomic E-state index is 12.3. The lowest BCUT2D eigenvalue weighted by Gasteiger charge is -2.58. The number of carboxylic acid groups (broad SMARTS) is 1. The van der Waals surface area contributed by atoms with Crippen molar-refractivity contribution in [2.24, 2.45) is 17.3 Å². The molecule has 4 aliphatic rings. The van der Waals surface area contributed by atoms with E-state index in [0.717, 1.165) is 58.3 Å². The third kappa shape index (κ3) is 3.25. The molecule has 0 bridgehead atoms. The predicted molar refractivity (Wildman–Crippen MR) is 105 cm³/mol. The first-order chi connectivity index (χ1) is 13.3. The van der Waals surface area contributed by atoms with Gasteiger partial charge >= 0.3 is 12.2 Å². The molecule has 7 nitrogen and oxygen atoms in total. The van der Waals surface area contributed by atoms with Gasteiger partial charge in [-0.3, -0.25) is 4.90 Å². The van der Waals surface area contributed by atoms with Gasteiger partial charge in [0.05, 0.1) is 6.54 Å². The quantitative estimate of drug-likeness (QED) is 0.794. The van der Waals surface area contributed by atoms with E-state index in [-0.39, 0.29) is 17.1 Å². The summed E-state index contributed by atoms with van der Waals surface area (Å²) in [6.45, 7) is 11.4. The third-order valence-corrected chi connectivity index (χ3v) is 7.77. The van der Waals surface area contributed by atoms with Crippen molar-refractivity contribution in [2.45, 2.75) is 64.5 Å². The van der Waals surface area contributed by atoms with Crippen molar-refractivity contribution in [3.05, 3.63) is 0 Å². The molecular weight excluding hydrogens is 358 g/mol. The van der Waals surface area contributed by atoms with Crippen molar-refractivity contribution in [1.29, 1.82) is 0 Å². The van der Waals surface area contributed by atoms with Crippen molar-refractivity contribution in [1.82, 2.24) is 14.7 Å². The summed E-state index contributed by atoms with van der Waals surface area (Å²) in [4.78, 5) is 29.7. The minimum atomic E-state index is -0.774. The molecule has 0 aromatic heterocycles. The average Bonchev–Trinajstić information content (AvgIpc) is 3.18. The fourth-order valence-electron chi connectivity index (χ4n) is 6.37. The molecule has 7 heteroatoms. The van der Waals surface area contributed by atoms with Crippen LogP contribution >= 0.6 is 0 Å². The highest BCUT2D eigenvalue weighted by atomic mass is 16.6. The fourth-order valence-corrected chi connectivity index (χ4v) is 6.37. The lowest BCUT2D eigenvalue weighted by Crippen LogP contribution is -2.62. The topological polar surface area (TPSA) is 73.3 Å². The standard InChI is InChI=1S/C21H35N3O4/c1-4-16-17(11-20(16)5-8-23(13-20)18(25)26)22-9-6-21(7-10-22)14-24(12-15(2)3)19(27)28-21/h15-17H,4-14H2,1-3H3,(H,25,26). The van der Waals surface area contributed by atoms with Crippen LogP contribution in [0, 0.1) is 17.3 Å². The third-order valence-electron chi connectivity index (χ3n) is 7.77. The van der Waals surface area contributed by atoms with Gasteiger partial charge in [0.1, 0.15) is 5.60 Å². The number of carbonyl (C=O) groups excluding carboxylic acids is 1. The number of hydrogen-bond acceptors (Lipinski definition) is 4. The summed E-state index contributed by atoms with van der Waals surface area (Å²) in [6.07, 6.45) is 4.13. The van der Waals surface area contributed by atoms with Crippen LogP contribution in [-0.2, 0) is 4.74 Å². The molecule has 2 amide bonds. The molecule has 3 saturated heterocycles. The van der Waals surface area contributed by atoms with E-state index in [1.54, 1.807) is 4.90 Å². The lowest BCUT2D eigenvalue weighted by molar-refractivity contribution is -0.0978. The molecule has 4 fully saturated rings. The molecule has 3 atom stereocenters. The van der Waals surface area contributed by atoms with E-state index in [2.05, 4.69) is 25.7 Å². The highest BCUT2D eigenvalue weighted by molar-refractivity contribution is 5.70. The molecule has 0 aromatic rings. The SMILES string of the molecule is CCC1C(N2CCC3(CC2)CN(CC(C)C)C(=O)O3)CC12CCN(C(=O)O)C2. The summed E-state index contributed by atoms with van der Waals surface area (Å²) in [7, 11) is 0. The van der Waals surface area contributed by atoms with Gasteiger partial charge in [0.2, 0.25) is 0 Å². The molecule has 2 spiro atoms. The number of ether oxygens (including phenoxy) is 1. The molecule has 1 saturated carbocycles. The molecule has 3 aliphatic heterocycles. The van der Waals surface area contributed by atoms with Crippen LogP contribution in [0.2, 0.25) is 0 Å². The number of nitrogens with zero attached hydrogens (tertiary/aromatic N) is 3. The van der Waals surface area contributed by atoms with Gasteiger partial charge in [0.15, 0.2) is 0 Å². The van der Waals surface area contributed by atoms with E-state index in [4.69, 9.17) is 4.74 Å². The Bertz CT molecular complexity index is 631. The van der Waals surface area contributed by atoms with E-state index < -0.39 is 6.09 Å². The highest BCUT2D eigenvalue weighted by Gasteiger charge is 2.59. The molecule has 158 valence electrons. The Hall–Kier alpha value is -1.50. The lowest BCUT2D eigenvalue weighted by atomic mass is 9.54. The minimum absolute atomic E-state index is 0.143. The van der Waals surface area contributed by atoms with Gasteiger partial charge in [-0.1, -0.05) is 27.2 Å². The molecule has 28 heavy (non-hydrogen) atoms. The summed E-state index contributed by atoms with van der Waals surface area (Å²) in [6, 6.07) is 0.556. The Kier molecular flexibility index (Phi) is 5.01. The molecule has 0 radical (unpaired) electrons. The summed E-state index contributed by atoms with van der Waals surface area (Å²) >= 11 is 0. The van der Waals surface area contributed by atoms with Crippen LogP contribution in [0.1, 0.15) is 52.9 Å². The number of carbonyl (C=O) groups is 2. The van der Waals surface area contributed by atoms with Crippen LogP contribution in [0.3, 0.4) is 0 Å². The minimum Gasteiger partial charge on any atom is -0.465 e. The normalized spacial score (nSPS) is 35.1. The van der Waals surface area contributed by atoms with Gasteiger partial charge in [-0.05, 0) is 30.1 Å². The van der Waals surface area contributed by atoms with Crippen molar-refractivity contribution in [3.63, 3.8) is 0 Å². The van der Waals surface area contributed by atoms with Gasteiger partial charge in [0.25, 0.3) is 0 Å². The van der Waals surface area contributed by atoms with Crippen LogP contribution < -0.4 is 0 Å².